The number of nitrogens with zero attached hydrogens (tertiary/aromatic N) is 4. The summed E-state index contributed by atoms with van der Waals surface area (Å²) in [6, 6.07) is 23.8. The zero-order valence-corrected chi connectivity index (χ0v) is 19.5. The number of para-hydroxylation sites is 1. The molecule has 3 aliphatic rings. The van der Waals surface area contributed by atoms with Crippen molar-refractivity contribution in [2.45, 2.75) is 31.6 Å². The number of benzene rings is 2. The largest absolute Gasteiger partial charge is 0.399 e. The molecule has 0 fully saturated rings. The Labute approximate surface area is 205 Å². The lowest BCUT2D eigenvalue weighted by Crippen LogP contribution is -2.61. The second-order valence-electron chi connectivity index (χ2n) is 9.68. The Bertz CT molecular complexity index is 1390. The predicted octanol–water partition coefficient (Wildman–Crippen LogP) is 4.27. The highest BCUT2D eigenvalue weighted by Gasteiger charge is 2.72. The van der Waals surface area contributed by atoms with Crippen LogP contribution in [-0.2, 0) is 16.6 Å². The number of fused-ring (bicyclic) bond motifs is 4. The molecule has 2 aliphatic carbocycles. The monoisotopic (exact) mass is 459 g/mol. The van der Waals surface area contributed by atoms with Crippen LogP contribution < -0.4 is 10.6 Å². The Morgan fingerprint density at radius 1 is 1.06 bits per heavy atom. The summed E-state index contributed by atoms with van der Waals surface area (Å²) < 4.78 is 0. The summed E-state index contributed by atoms with van der Waals surface area (Å²) in [6.45, 7) is 2.50. The molecule has 5 rings (SSSR count). The minimum absolute atomic E-state index is 0.116. The number of anilines is 1. The second kappa shape index (κ2) is 8.15. The number of nitrogens with two attached hydrogens (primary N) is 1. The quantitative estimate of drug-likeness (QED) is 0.735. The molecule has 0 bridgehead atoms. The van der Waals surface area contributed by atoms with Gasteiger partial charge in [0.15, 0.2) is 0 Å². The summed E-state index contributed by atoms with van der Waals surface area (Å²) in [5.74, 6) is -0.557. The molecule has 1 spiro atoms. The molecule has 2 aromatic carbocycles. The minimum Gasteiger partial charge on any atom is -0.399 e. The van der Waals surface area contributed by atoms with Crippen LogP contribution in [0.25, 0.3) is 0 Å². The zero-order chi connectivity index (χ0) is 24.8. The van der Waals surface area contributed by atoms with Gasteiger partial charge in [0, 0.05) is 18.2 Å². The van der Waals surface area contributed by atoms with Crippen LogP contribution >= 0.6 is 0 Å². The van der Waals surface area contributed by atoms with E-state index in [0.717, 1.165) is 12.0 Å². The predicted molar refractivity (Wildman–Crippen MR) is 131 cm³/mol. The molecule has 0 saturated heterocycles. The highest BCUT2D eigenvalue weighted by Crippen LogP contribution is 2.64. The molecule has 1 heterocycles. The van der Waals surface area contributed by atoms with E-state index in [-0.39, 0.29) is 23.1 Å². The molecule has 1 aliphatic heterocycles. The number of amides is 1. The first kappa shape index (κ1) is 22.5. The summed E-state index contributed by atoms with van der Waals surface area (Å²) in [6.07, 6.45) is 3.94. The Hall–Kier alpha value is -4.34. The van der Waals surface area contributed by atoms with Crippen LogP contribution in [0, 0.1) is 51.2 Å². The van der Waals surface area contributed by atoms with Crippen molar-refractivity contribution in [1.29, 1.82) is 15.8 Å². The van der Waals surface area contributed by atoms with Gasteiger partial charge in [0.1, 0.15) is 11.5 Å². The van der Waals surface area contributed by atoms with Crippen LogP contribution in [0.5, 0.6) is 0 Å². The van der Waals surface area contributed by atoms with Gasteiger partial charge in [0.05, 0.1) is 23.4 Å². The number of carbonyl (C=O) groups is 1. The highest BCUT2D eigenvalue weighted by atomic mass is 16.2. The average Bonchev–Trinajstić information content (AvgIpc) is 3.14. The van der Waals surface area contributed by atoms with Crippen molar-refractivity contribution in [2.24, 2.45) is 23.0 Å². The second-order valence-corrected chi connectivity index (χ2v) is 9.68. The van der Waals surface area contributed by atoms with Crippen molar-refractivity contribution in [3.63, 3.8) is 0 Å². The maximum absolute atomic E-state index is 14.6. The summed E-state index contributed by atoms with van der Waals surface area (Å²) in [4.78, 5) is 16.3. The Morgan fingerprint density at radius 2 is 1.74 bits per heavy atom. The van der Waals surface area contributed by atoms with E-state index in [2.05, 4.69) is 25.1 Å². The first-order valence-electron chi connectivity index (χ1n) is 11.8. The van der Waals surface area contributed by atoms with Crippen molar-refractivity contribution in [2.75, 3.05) is 11.4 Å². The van der Waals surface area contributed by atoms with Gasteiger partial charge in [-0.15, -0.1) is 0 Å². The molecular formula is C29H25N5O. The van der Waals surface area contributed by atoms with E-state index >= 15 is 0 Å². The van der Waals surface area contributed by atoms with Gasteiger partial charge in [-0.25, -0.2) is 0 Å². The van der Waals surface area contributed by atoms with Gasteiger partial charge >= 0.3 is 0 Å². The lowest BCUT2D eigenvalue weighted by Gasteiger charge is -2.50. The van der Waals surface area contributed by atoms with E-state index in [0.29, 0.717) is 36.2 Å². The summed E-state index contributed by atoms with van der Waals surface area (Å²) in [5.41, 5.74) is 6.19. The van der Waals surface area contributed by atoms with Crippen molar-refractivity contribution < 1.29 is 4.79 Å². The van der Waals surface area contributed by atoms with Gasteiger partial charge in [-0.05, 0) is 47.9 Å². The molecule has 2 N–H and O–H groups in total. The van der Waals surface area contributed by atoms with Crippen LogP contribution in [0.2, 0.25) is 0 Å². The van der Waals surface area contributed by atoms with E-state index in [9.17, 15) is 20.6 Å². The van der Waals surface area contributed by atoms with Crippen molar-refractivity contribution in [1.82, 2.24) is 0 Å². The fraction of sp³-hybridized carbons (Fsp3) is 0.310. The summed E-state index contributed by atoms with van der Waals surface area (Å²) >= 11 is 0. The van der Waals surface area contributed by atoms with Gasteiger partial charge in [0.2, 0.25) is 11.3 Å². The Kier molecular flexibility index (Phi) is 5.23. The van der Waals surface area contributed by atoms with Crippen molar-refractivity contribution >= 4 is 11.6 Å². The number of nitriles is 3. The van der Waals surface area contributed by atoms with Gasteiger partial charge in [-0.3, -0.25) is 4.79 Å². The van der Waals surface area contributed by atoms with Crippen LogP contribution in [0.1, 0.15) is 30.9 Å². The fourth-order valence-electron chi connectivity index (χ4n) is 6.33. The molecule has 2 aromatic rings. The number of allylic oxidation sites excluding steroid dienone is 4. The lowest BCUT2D eigenvalue weighted by molar-refractivity contribution is -0.127. The van der Waals surface area contributed by atoms with Crippen LogP contribution in [-0.4, -0.2) is 12.5 Å². The van der Waals surface area contributed by atoms with E-state index in [1.54, 1.807) is 4.90 Å². The molecule has 0 aromatic heterocycles. The number of hydrogen-bond donors (Lipinski definition) is 1. The Morgan fingerprint density at radius 3 is 2.43 bits per heavy atom. The van der Waals surface area contributed by atoms with E-state index in [1.807, 2.05) is 60.7 Å². The average molecular weight is 460 g/mol. The molecule has 0 radical (unpaired) electrons. The maximum Gasteiger partial charge on any atom is 0.241 e. The highest BCUT2D eigenvalue weighted by molar-refractivity contribution is 6.11. The smallest absolute Gasteiger partial charge is 0.241 e. The SMILES string of the molecule is C[C@H]1CC=C2C(C#N)=C(N)C(C#N)(C#N)[C@@]3(C(=O)N(CCc4ccccc4)c4ccccc43)[C@@H]2C1. The maximum atomic E-state index is 14.6. The molecule has 0 saturated carbocycles. The van der Waals surface area contributed by atoms with E-state index in [4.69, 9.17) is 5.73 Å². The third-order valence-electron chi connectivity index (χ3n) is 7.95. The molecule has 6 heteroatoms. The first-order valence-corrected chi connectivity index (χ1v) is 11.8. The summed E-state index contributed by atoms with van der Waals surface area (Å²) in [5, 5.41) is 31.1. The normalized spacial score (nSPS) is 26.3. The summed E-state index contributed by atoms with van der Waals surface area (Å²) in [7, 11) is 0. The zero-order valence-electron chi connectivity index (χ0n) is 19.5. The van der Waals surface area contributed by atoms with E-state index in [1.165, 1.54) is 0 Å². The van der Waals surface area contributed by atoms with Crippen LogP contribution in [0.15, 0.2) is 77.5 Å². The number of rotatable bonds is 3. The number of carbonyl (C=O) groups excluding carboxylic acids is 1. The third kappa shape index (κ3) is 2.82. The molecule has 0 unspecified atom stereocenters. The Balaban J connectivity index is 1.77. The fourth-order valence-corrected chi connectivity index (χ4v) is 6.33. The van der Waals surface area contributed by atoms with Gasteiger partial charge in [-0.1, -0.05) is 61.5 Å². The topological polar surface area (TPSA) is 118 Å². The van der Waals surface area contributed by atoms with Gasteiger partial charge < -0.3 is 10.6 Å². The molecule has 35 heavy (non-hydrogen) atoms. The molecule has 172 valence electrons. The van der Waals surface area contributed by atoms with Gasteiger partial charge in [-0.2, -0.15) is 15.8 Å². The van der Waals surface area contributed by atoms with E-state index < -0.39 is 16.7 Å². The standard InChI is InChI=1S/C29H25N5O/c1-19-11-12-21-22(16-30)26(33)28(17-31,18-32)29(24(21)15-19)23-9-5-6-10-25(23)34(27(29)35)14-13-20-7-3-2-4-8-20/h2-10,12,19,24H,11,13-15,33H2,1H3/t19-,24+,29+/m0/s1. The van der Waals surface area contributed by atoms with Crippen LogP contribution in [0.4, 0.5) is 5.69 Å². The van der Waals surface area contributed by atoms with Crippen molar-refractivity contribution in [3.05, 3.63) is 88.6 Å². The minimum atomic E-state index is -1.99. The first-order chi connectivity index (χ1) is 17.0. The number of hydrogen-bond acceptors (Lipinski definition) is 5. The molecular weight excluding hydrogens is 434 g/mol. The van der Waals surface area contributed by atoms with Crippen LogP contribution in [0.3, 0.4) is 0 Å². The molecule has 3 atom stereocenters. The third-order valence-corrected chi connectivity index (χ3v) is 7.95. The molecule has 6 nitrogen and oxygen atoms in total. The molecule has 1 amide bonds. The van der Waals surface area contributed by atoms with Gasteiger partial charge in [0.25, 0.3) is 0 Å². The lowest BCUT2D eigenvalue weighted by atomic mass is 9.47. The van der Waals surface area contributed by atoms with Crippen molar-refractivity contribution in [3.8, 4) is 18.2 Å².